The van der Waals surface area contributed by atoms with E-state index in [0.29, 0.717) is 12.0 Å². The van der Waals surface area contributed by atoms with E-state index in [1.54, 1.807) is 4.68 Å². The quantitative estimate of drug-likeness (QED) is 0.903. The van der Waals surface area contributed by atoms with Gasteiger partial charge in [0.05, 0.1) is 5.69 Å². The summed E-state index contributed by atoms with van der Waals surface area (Å²) in [7, 11) is 1.90. The summed E-state index contributed by atoms with van der Waals surface area (Å²) in [6.07, 6.45) is 2.61. The van der Waals surface area contributed by atoms with E-state index in [0.717, 1.165) is 22.3 Å². The van der Waals surface area contributed by atoms with Crippen LogP contribution in [0.1, 0.15) is 29.8 Å². The van der Waals surface area contributed by atoms with Crippen LogP contribution in [-0.4, -0.2) is 16.3 Å². The van der Waals surface area contributed by atoms with Crippen LogP contribution >= 0.6 is 15.9 Å². The highest BCUT2D eigenvalue weighted by Gasteiger charge is 2.18. The Balaban J connectivity index is 2.27. The third-order valence-corrected chi connectivity index (χ3v) is 3.81. The van der Waals surface area contributed by atoms with Crippen molar-refractivity contribution in [2.75, 3.05) is 6.54 Å². The molecule has 1 unspecified atom stereocenters. The maximum Gasteiger partial charge on any atom is 0.127 e. The maximum absolute atomic E-state index is 14.0. The normalized spacial score (nSPS) is 12.7. The number of aryl methyl sites for hydroxylation is 2. The average molecular weight is 340 g/mol. The zero-order chi connectivity index (χ0) is 14.7. The fourth-order valence-corrected chi connectivity index (χ4v) is 2.74. The number of halogens is 2. The van der Waals surface area contributed by atoms with Gasteiger partial charge in [-0.15, -0.1) is 0 Å². The number of benzene rings is 1. The average Bonchev–Trinajstić information content (AvgIpc) is 2.71. The van der Waals surface area contributed by atoms with Crippen molar-refractivity contribution in [3.05, 3.63) is 51.5 Å². The van der Waals surface area contributed by atoms with E-state index in [2.05, 4.69) is 33.3 Å². The van der Waals surface area contributed by atoms with Crippen molar-refractivity contribution >= 4 is 15.9 Å². The molecule has 20 heavy (non-hydrogen) atoms. The molecule has 2 aromatic rings. The molecule has 0 aliphatic heterocycles. The third-order valence-electron chi connectivity index (χ3n) is 3.32. The Labute approximate surface area is 127 Å². The predicted molar refractivity (Wildman–Crippen MR) is 82.2 cm³/mol. The lowest BCUT2D eigenvalue weighted by molar-refractivity contribution is 0.525. The van der Waals surface area contributed by atoms with Gasteiger partial charge < -0.3 is 5.32 Å². The molecule has 0 aliphatic carbocycles. The van der Waals surface area contributed by atoms with Crippen LogP contribution in [0.5, 0.6) is 0 Å². The van der Waals surface area contributed by atoms with E-state index < -0.39 is 0 Å². The van der Waals surface area contributed by atoms with E-state index in [1.165, 1.54) is 6.07 Å². The molecule has 1 aromatic heterocycles. The van der Waals surface area contributed by atoms with Gasteiger partial charge in [-0.05, 0) is 37.6 Å². The molecule has 5 heteroatoms. The van der Waals surface area contributed by atoms with Crippen LogP contribution in [0.15, 0.2) is 28.9 Å². The minimum absolute atomic E-state index is 0.0735. The largest absolute Gasteiger partial charge is 0.310 e. The van der Waals surface area contributed by atoms with Crippen LogP contribution in [0.2, 0.25) is 0 Å². The lowest BCUT2D eigenvalue weighted by atomic mass is 9.99. The van der Waals surface area contributed by atoms with Crippen molar-refractivity contribution in [3.63, 3.8) is 0 Å². The first-order valence-electron chi connectivity index (χ1n) is 6.68. The number of nitrogens with zero attached hydrogens (tertiary/aromatic N) is 2. The van der Waals surface area contributed by atoms with Gasteiger partial charge in [-0.25, -0.2) is 4.39 Å². The van der Waals surface area contributed by atoms with Crippen LogP contribution in [0.3, 0.4) is 0 Å². The molecule has 0 fully saturated rings. The minimum Gasteiger partial charge on any atom is -0.310 e. The lowest BCUT2D eigenvalue weighted by Gasteiger charge is -2.18. The highest BCUT2D eigenvalue weighted by atomic mass is 79.9. The molecule has 3 nitrogen and oxygen atoms in total. The minimum atomic E-state index is -0.177. The van der Waals surface area contributed by atoms with Crippen LogP contribution < -0.4 is 5.32 Å². The Morgan fingerprint density at radius 1 is 1.45 bits per heavy atom. The summed E-state index contributed by atoms with van der Waals surface area (Å²) >= 11 is 3.28. The number of aromatic nitrogens is 2. The van der Waals surface area contributed by atoms with Gasteiger partial charge in [0, 0.05) is 29.3 Å². The molecule has 0 spiro atoms. The topological polar surface area (TPSA) is 29.9 Å². The van der Waals surface area contributed by atoms with Crippen molar-refractivity contribution in [2.45, 2.75) is 26.3 Å². The molecule has 0 radical (unpaired) electrons. The zero-order valence-electron chi connectivity index (χ0n) is 12.0. The van der Waals surface area contributed by atoms with Crippen molar-refractivity contribution < 1.29 is 4.39 Å². The molecule has 0 amide bonds. The first-order chi connectivity index (χ1) is 9.51. The van der Waals surface area contributed by atoms with Gasteiger partial charge >= 0.3 is 0 Å². The van der Waals surface area contributed by atoms with E-state index in [9.17, 15) is 4.39 Å². The molecule has 1 N–H and O–H groups in total. The standard InChI is InChI=1S/C15H19BrFN3/c1-4-18-15(13-9-20(3)19-10(13)2)7-11-5-6-12(16)8-14(11)17/h5-6,8-9,15,18H,4,7H2,1-3H3. The van der Waals surface area contributed by atoms with Gasteiger partial charge in [-0.3, -0.25) is 4.68 Å². The highest BCUT2D eigenvalue weighted by Crippen LogP contribution is 2.24. The molecule has 1 aromatic carbocycles. The summed E-state index contributed by atoms with van der Waals surface area (Å²) < 4.78 is 16.6. The zero-order valence-corrected chi connectivity index (χ0v) is 13.5. The molecule has 0 bridgehead atoms. The number of rotatable bonds is 5. The van der Waals surface area contributed by atoms with Crippen LogP contribution in [0.4, 0.5) is 4.39 Å². The maximum atomic E-state index is 14.0. The van der Waals surface area contributed by atoms with E-state index in [1.807, 2.05) is 32.3 Å². The van der Waals surface area contributed by atoms with Crippen molar-refractivity contribution in [1.29, 1.82) is 0 Å². The second kappa shape index (κ2) is 6.50. The molecular weight excluding hydrogens is 321 g/mol. The van der Waals surface area contributed by atoms with Gasteiger partial charge in [-0.1, -0.05) is 28.9 Å². The SMILES string of the molecule is CCNC(Cc1ccc(Br)cc1F)c1cn(C)nc1C. The molecule has 0 saturated heterocycles. The number of hydrogen-bond acceptors (Lipinski definition) is 2. The Morgan fingerprint density at radius 2 is 2.20 bits per heavy atom. The van der Waals surface area contributed by atoms with Gasteiger partial charge in [0.2, 0.25) is 0 Å². The van der Waals surface area contributed by atoms with Gasteiger partial charge in [0.15, 0.2) is 0 Å². The van der Waals surface area contributed by atoms with Gasteiger partial charge in [-0.2, -0.15) is 5.10 Å². The van der Waals surface area contributed by atoms with Crippen molar-refractivity contribution in [3.8, 4) is 0 Å². The summed E-state index contributed by atoms with van der Waals surface area (Å²) in [5.74, 6) is -0.177. The Bertz CT molecular complexity index is 595. The smallest absolute Gasteiger partial charge is 0.127 e. The molecule has 108 valence electrons. The van der Waals surface area contributed by atoms with Crippen LogP contribution in [0, 0.1) is 12.7 Å². The molecular formula is C15H19BrFN3. The van der Waals surface area contributed by atoms with E-state index in [4.69, 9.17) is 0 Å². The van der Waals surface area contributed by atoms with Gasteiger partial charge in [0.1, 0.15) is 5.82 Å². The van der Waals surface area contributed by atoms with Crippen molar-refractivity contribution in [2.24, 2.45) is 7.05 Å². The number of likely N-dealkylation sites (N-methyl/N-ethyl adjacent to an activating group) is 1. The number of hydrogen-bond donors (Lipinski definition) is 1. The fourth-order valence-electron chi connectivity index (χ4n) is 2.41. The summed E-state index contributed by atoms with van der Waals surface area (Å²) in [6, 6.07) is 5.28. The van der Waals surface area contributed by atoms with Crippen LogP contribution in [-0.2, 0) is 13.5 Å². The first kappa shape index (κ1) is 15.2. The lowest BCUT2D eigenvalue weighted by Crippen LogP contribution is -2.23. The second-order valence-corrected chi connectivity index (χ2v) is 5.81. The second-order valence-electron chi connectivity index (χ2n) is 4.89. The monoisotopic (exact) mass is 339 g/mol. The predicted octanol–water partition coefficient (Wildman–Crippen LogP) is 3.52. The number of nitrogens with one attached hydrogen (secondary N) is 1. The van der Waals surface area contributed by atoms with Crippen molar-refractivity contribution in [1.82, 2.24) is 15.1 Å². The summed E-state index contributed by atoms with van der Waals surface area (Å²) in [5, 5.41) is 7.78. The summed E-state index contributed by atoms with van der Waals surface area (Å²) in [6.45, 7) is 4.87. The van der Waals surface area contributed by atoms with Gasteiger partial charge in [0.25, 0.3) is 0 Å². The molecule has 0 saturated carbocycles. The Kier molecular flexibility index (Phi) is 4.94. The molecule has 2 rings (SSSR count). The fraction of sp³-hybridized carbons (Fsp3) is 0.400. The third kappa shape index (κ3) is 3.46. The highest BCUT2D eigenvalue weighted by molar-refractivity contribution is 9.10. The molecule has 1 heterocycles. The molecule has 1 atom stereocenters. The Hall–Kier alpha value is -1.20. The Morgan fingerprint density at radius 3 is 2.75 bits per heavy atom. The summed E-state index contributed by atoms with van der Waals surface area (Å²) in [5.41, 5.74) is 2.81. The van der Waals surface area contributed by atoms with Crippen LogP contribution in [0.25, 0.3) is 0 Å². The summed E-state index contributed by atoms with van der Waals surface area (Å²) in [4.78, 5) is 0. The van der Waals surface area contributed by atoms with E-state index in [-0.39, 0.29) is 11.9 Å². The van der Waals surface area contributed by atoms with E-state index >= 15 is 0 Å². The first-order valence-corrected chi connectivity index (χ1v) is 7.48. The molecule has 0 aliphatic rings.